The molecular formula is C41H79N2O6P. The number of aliphatic hydroxyl groups excluding tert-OH is 1. The first-order valence-electron chi connectivity index (χ1n) is 20.4. The Morgan fingerprint density at radius 3 is 1.62 bits per heavy atom. The Kier molecular flexibility index (Phi) is 32.7. The van der Waals surface area contributed by atoms with E-state index in [1.807, 2.05) is 27.2 Å². The van der Waals surface area contributed by atoms with Crippen LogP contribution in [0.25, 0.3) is 0 Å². The van der Waals surface area contributed by atoms with Crippen molar-refractivity contribution in [2.24, 2.45) is 0 Å². The van der Waals surface area contributed by atoms with Crippen LogP contribution >= 0.6 is 7.82 Å². The molecule has 3 atom stereocenters. The summed E-state index contributed by atoms with van der Waals surface area (Å²) in [6, 6.07) is -0.902. The van der Waals surface area contributed by atoms with Gasteiger partial charge < -0.3 is 28.8 Å². The van der Waals surface area contributed by atoms with Crippen LogP contribution in [0, 0.1) is 0 Å². The minimum absolute atomic E-state index is 0.00978. The number of likely N-dealkylation sites (N-methyl/N-ethyl adjacent to an activating group) is 1. The molecule has 1 amide bonds. The van der Waals surface area contributed by atoms with Gasteiger partial charge >= 0.3 is 0 Å². The lowest BCUT2D eigenvalue weighted by atomic mass is 10.0. The van der Waals surface area contributed by atoms with E-state index in [0.717, 1.165) is 44.9 Å². The molecular weight excluding hydrogens is 647 g/mol. The van der Waals surface area contributed by atoms with Crippen LogP contribution in [0.5, 0.6) is 0 Å². The van der Waals surface area contributed by atoms with Crippen LogP contribution in [0.4, 0.5) is 0 Å². The highest BCUT2D eigenvalue weighted by molar-refractivity contribution is 7.45. The van der Waals surface area contributed by atoms with E-state index in [-0.39, 0.29) is 12.5 Å². The standard InChI is InChI=1S/C41H79N2O6P/c1-6-8-10-11-12-13-14-15-16-17-18-19-20-21-22-23-24-25-26-27-28-29-30-31-33-34-40(44)39(42-41(45)35-32-9-7-2)38-49-50(46,47)48-37-36-43(3,4)5/h24-25,28-29,33-34,39-40,44H,6-23,26-27,30-32,35-38H2,1-5H3,(H-,42,45,46,47)/b25-24+,29-28+,34-33+. The summed E-state index contributed by atoms with van der Waals surface area (Å²) in [5.74, 6) is -0.238. The number of phosphoric ester groups is 1. The lowest BCUT2D eigenvalue weighted by molar-refractivity contribution is -0.870. The molecule has 0 heterocycles. The highest BCUT2D eigenvalue weighted by Crippen LogP contribution is 2.38. The van der Waals surface area contributed by atoms with Crippen molar-refractivity contribution in [3.63, 3.8) is 0 Å². The third-order valence-corrected chi connectivity index (χ3v) is 9.79. The van der Waals surface area contributed by atoms with Crippen LogP contribution < -0.4 is 10.2 Å². The number of hydrogen-bond donors (Lipinski definition) is 2. The third kappa shape index (κ3) is 35.1. The zero-order valence-corrected chi connectivity index (χ0v) is 34.0. The third-order valence-electron chi connectivity index (χ3n) is 8.83. The van der Waals surface area contributed by atoms with Gasteiger partial charge in [0, 0.05) is 6.42 Å². The number of quaternary nitrogens is 1. The van der Waals surface area contributed by atoms with E-state index in [4.69, 9.17) is 9.05 Å². The fourth-order valence-electron chi connectivity index (χ4n) is 5.54. The molecule has 294 valence electrons. The van der Waals surface area contributed by atoms with Crippen molar-refractivity contribution in [2.75, 3.05) is 40.9 Å². The van der Waals surface area contributed by atoms with Gasteiger partial charge in [0.2, 0.25) is 5.91 Å². The predicted octanol–water partition coefficient (Wildman–Crippen LogP) is 10.1. The minimum atomic E-state index is -4.57. The van der Waals surface area contributed by atoms with Crippen molar-refractivity contribution in [3.05, 3.63) is 36.5 Å². The van der Waals surface area contributed by atoms with Crippen molar-refractivity contribution in [3.8, 4) is 0 Å². The van der Waals surface area contributed by atoms with Gasteiger partial charge in [0.05, 0.1) is 39.9 Å². The monoisotopic (exact) mass is 727 g/mol. The van der Waals surface area contributed by atoms with Crippen LogP contribution in [0.3, 0.4) is 0 Å². The summed E-state index contributed by atoms with van der Waals surface area (Å²) in [7, 11) is 1.23. The first kappa shape index (κ1) is 48.7. The molecule has 0 aromatic carbocycles. The molecule has 0 saturated heterocycles. The number of nitrogens with zero attached hydrogens (tertiary/aromatic N) is 1. The maximum atomic E-state index is 12.4. The van der Waals surface area contributed by atoms with E-state index in [9.17, 15) is 19.4 Å². The van der Waals surface area contributed by atoms with Gasteiger partial charge in [0.25, 0.3) is 7.82 Å². The van der Waals surface area contributed by atoms with E-state index in [0.29, 0.717) is 17.4 Å². The fraction of sp³-hybridized carbons (Fsp3) is 0.829. The molecule has 0 fully saturated rings. The van der Waals surface area contributed by atoms with E-state index >= 15 is 0 Å². The van der Waals surface area contributed by atoms with Gasteiger partial charge in [-0.25, -0.2) is 0 Å². The number of hydrogen-bond acceptors (Lipinski definition) is 6. The number of carbonyl (C=O) groups is 1. The molecule has 3 unspecified atom stereocenters. The molecule has 0 aromatic heterocycles. The molecule has 0 spiro atoms. The number of unbranched alkanes of at least 4 members (excludes halogenated alkanes) is 19. The molecule has 0 radical (unpaired) electrons. The second-order valence-electron chi connectivity index (χ2n) is 15.0. The number of nitrogens with one attached hydrogen (secondary N) is 1. The molecule has 9 heteroatoms. The Morgan fingerprint density at radius 2 is 1.12 bits per heavy atom. The van der Waals surface area contributed by atoms with Gasteiger partial charge in [0.15, 0.2) is 0 Å². The molecule has 2 N–H and O–H groups in total. The van der Waals surface area contributed by atoms with Crippen LogP contribution in [-0.4, -0.2) is 68.5 Å². The van der Waals surface area contributed by atoms with Crippen LogP contribution in [0.15, 0.2) is 36.5 Å². The highest BCUT2D eigenvalue weighted by atomic mass is 31.2. The summed E-state index contributed by atoms with van der Waals surface area (Å²) in [6.45, 7) is 4.42. The Labute approximate surface area is 308 Å². The van der Waals surface area contributed by atoms with Crippen molar-refractivity contribution >= 4 is 13.7 Å². The molecule has 0 aliphatic rings. The average Bonchev–Trinajstić information content (AvgIpc) is 3.06. The lowest BCUT2D eigenvalue weighted by Gasteiger charge is -2.29. The molecule has 0 aliphatic heterocycles. The van der Waals surface area contributed by atoms with Crippen LogP contribution in [-0.2, 0) is 18.4 Å². The molecule has 50 heavy (non-hydrogen) atoms. The largest absolute Gasteiger partial charge is 0.756 e. The maximum Gasteiger partial charge on any atom is 0.268 e. The minimum Gasteiger partial charge on any atom is -0.756 e. The van der Waals surface area contributed by atoms with Crippen LogP contribution in [0.1, 0.15) is 168 Å². The topological polar surface area (TPSA) is 108 Å². The molecule has 8 nitrogen and oxygen atoms in total. The number of amides is 1. The Hall–Kier alpha value is -1.28. The lowest BCUT2D eigenvalue weighted by Crippen LogP contribution is -2.45. The summed E-state index contributed by atoms with van der Waals surface area (Å²) < 4.78 is 22.9. The molecule has 0 bridgehead atoms. The fourth-order valence-corrected chi connectivity index (χ4v) is 6.26. The van der Waals surface area contributed by atoms with Gasteiger partial charge in [-0.15, -0.1) is 0 Å². The Bertz CT molecular complexity index is 917. The van der Waals surface area contributed by atoms with E-state index < -0.39 is 26.6 Å². The Balaban J connectivity index is 4.13. The van der Waals surface area contributed by atoms with Crippen molar-refractivity contribution < 1.29 is 32.9 Å². The number of allylic oxidation sites excluding steroid dienone is 5. The van der Waals surface area contributed by atoms with Crippen molar-refractivity contribution in [1.82, 2.24) is 5.32 Å². The number of carbonyl (C=O) groups excluding carboxylic acids is 1. The molecule has 0 rings (SSSR count). The van der Waals surface area contributed by atoms with Gasteiger partial charge in [-0.1, -0.05) is 153 Å². The average molecular weight is 727 g/mol. The van der Waals surface area contributed by atoms with Crippen molar-refractivity contribution in [2.45, 2.75) is 180 Å². The number of rotatable bonds is 36. The second kappa shape index (κ2) is 33.5. The zero-order chi connectivity index (χ0) is 37.2. The summed E-state index contributed by atoms with van der Waals surface area (Å²) in [4.78, 5) is 24.7. The smallest absolute Gasteiger partial charge is 0.268 e. The maximum absolute atomic E-state index is 12.4. The summed E-state index contributed by atoms with van der Waals surface area (Å²) >= 11 is 0. The van der Waals surface area contributed by atoms with E-state index in [1.54, 1.807) is 6.08 Å². The molecule has 0 saturated carbocycles. The summed E-state index contributed by atoms with van der Waals surface area (Å²) in [6.07, 6.45) is 40.1. The first-order chi connectivity index (χ1) is 24.0. The summed E-state index contributed by atoms with van der Waals surface area (Å²) in [5.41, 5.74) is 0. The summed E-state index contributed by atoms with van der Waals surface area (Å²) in [5, 5.41) is 13.5. The van der Waals surface area contributed by atoms with E-state index in [2.05, 4.69) is 43.5 Å². The SMILES string of the molecule is CCCCCCCCCCCCCCCCC/C=C/CC/C=C/CC/C=C/C(O)C(COP(=O)([O-])OCC[N+](C)(C)C)NC(=O)CCCCC. The normalized spacial score (nSPS) is 14.9. The highest BCUT2D eigenvalue weighted by Gasteiger charge is 2.23. The van der Waals surface area contributed by atoms with E-state index in [1.165, 1.54) is 103 Å². The van der Waals surface area contributed by atoms with Crippen LogP contribution in [0.2, 0.25) is 0 Å². The first-order valence-corrected chi connectivity index (χ1v) is 21.8. The van der Waals surface area contributed by atoms with Gasteiger partial charge in [-0.05, 0) is 44.9 Å². The van der Waals surface area contributed by atoms with Crippen molar-refractivity contribution in [1.29, 1.82) is 0 Å². The number of phosphoric acid groups is 1. The second-order valence-corrected chi connectivity index (χ2v) is 16.4. The van der Waals surface area contributed by atoms with Gasteiger partial charge in [0.1, 0.15) is 13.2 Å². The predicted molar refractivity (Wildman–Crippen MR) is 210 cm³/mol. The Morgan fingerprint density at radius 1 is 0.680 bits per heavy atom. The van der Waals surface area contributed by atoms with Gasteiger partial charge in [-0.2, -0.15) is 0 Å². The van der Waals surface area contributed by atoms with Gasteiger partial charge in [-0.3, -0.25) is 9.36 Å². The molecule has 0 aliphatic carbocycles. The quantitative estimate of drug-likeness (QED) is 0.0288. The molecule has 0 aromatic rings. The number of aliphatic hydroxyl groups is 1. The zero-order valence-electron chi connectivity index (χ0n) is 33.1.